The van der Waals surface area contributed by atoms with E-state index in [1.807, 2.05) is 12.1 Å². The van der Waals surface area contributed by atoms with Gasteiger partial charge in [0.2, 0.25) is 0 Å². The highest BCUT2D eigenvalue weighted by Gasteiger charge is 2.62. The van der Waals surface area contributed by atoms with Gasteiger partial charge in [-0.2, -0.15) is 13.2 Å². The van der Waals surface area contributed by atoms with Crippen molar-refractivity contribution in [2.24, 2.45) is 5.73 Å². The maximum absolute atomic E-state index is 13.8. The number of carbonyl (C=O) groups is 2. The fraction of sp³-hybridized carbons (Fsp3) is 0.231. The molecule has 1 heterocycles. The lowest BCUT2D eigenvalue weighted by Gasteiger charge is -2.32. The SMILES string of the molecule is COc1ccc(C2(c3cccc(-c4cccc(OC)c4)c3)NC(N)(OC(=O)C(F)(F)F)N(C)C2=O)cc1. The van der Waals surface area contributed by atoms with Crippen LogP contribution in [0.2, 0.25) is 0 Å². The number of carbonyl (C=O) groups excluding carboxylic acids is 2. The summed E-state index contributed by atoms with van der Waals surface area (Å²) >= 11 is 0. The number of hydrogen-bond donors (Lipinski definition) is 2. The number of likely N-dealkylation sites (N-methyl/N-ethyl adjacent to an activating group) is 1. The number of rotatable bonds is 6. The Balaban J connectivity index is 1.89. The molecular formula is C26H24F3N3O5. The molecule has 37 heavy (non-hydrogen) atoms. The van der Waals surface area contributed by atoms with Crippen LogP contribution in [0.25, 0.3) is 11.1 Å². The maximum Gasteiger partial charge on any atom is 0.491 e. The number of amides is 1. The van der Waals surface area contributed by atoms with Crippen LogP contribution >= 0.6 is 0 Å². The van der Waals surface area contributed by atoms with E-state index in [2.05, 4.69) is 10.1 Å². The van der Waals surface area contributed by atoms with Gasteiger partial charge in [0, 0.05) is 7.05 Å². The molecule has 0 saturated carbocycles. The van der Waals surface area contributed by atoms with E-state index in [0.717, 1.165) is 17.5 Å². The van der Waals surface area contributed by atoms with Gasteiger partial charge in [-0.15, -0.1) is 0 Å². The molecule has 11 heteroatoms. The molecule has 2 unspecified atom stereocenters. The average Bonchev–Trinajstić information content (AvgIpc) is 3.10. The monoisotopic (exact) mass is 515 g/mol. The van der Waals surface area contributed by atoms with Crippen LogP contribution in [-0.2, 0) is 19.9 Å². The van der Waals surface area contributed by atoms with Crippen LogP contribution in [0.1, 0.15) is 11.1 Å². The first-order valence-electron chi connectivity index (χ1n) is 11.0. The van der Waals surface area contributed by atoms with Crippen molar-refractivity contribution in [2.45, 2.75) is 17.7 Å². The van der Waals surface area contributed by atoms with E-state index in [1.54, 1.807) is 60.7 Å². The van der Waals surface area contributed by atoms with Crippen molar-refractivity contribution in [1.29, 1.82) is 0 Å². The van der Waals surface area contributed by atoms with Gasteiger partial charge in [0.05, 0.1) is 14.2 Å². The highest BCUT2D eigenvalue weighted by atomic mass is 19.4. The van der Waals surface area contributed by atoms with Gasteiger partial charge >= 0.3 is 18.1 Å². The Labute approximate surface area is 210 Å². The number of nitrogens with zero attached hydrogens (tertiary/aromatic N) is 1. The topological polar surface area (TPSA) is 103 Å². The normalized spacial score (nSPS) is 21.6. The lowest BCUT2D eigenvalue weighted by molar-refractivity contribution is -0.228. The number of benzene rings is 3. The quantitative estimate of drug-likeness (QED) is 0.383. The van der Waals surface area contributed by atoms with Crippen LogP contribution < -0.4 is 20.5 Å². The molecule has 1 aliphatic heterocycles. The smallest absolute Gasteiger partial charge is 0.491 e. The number of hydrogen-bond acceptors (Lipinski definition) is 7. The Morgan fingerprint density at radius 3 is 2.08 bits per heavy atom. The van der Waals surface area contributed by atoms with Crippen molar-refractivity contribution in [1.82, 2.24) is 10.2 Å². The van der Waals surface area contributed by atoms with Crippen LogP contribution in [0.4, 0.5) is 13.2 Å². The van der Waals surface area contributed by atoms with Crippen molar-refractivity contribution >= 4 is 11.9 Å². The molecule has 0 bridgehead atoms. The first-order chi connectivity index (χ1) is 17.4. The lowest BCUT2D eigenvalue weighted by Crippen LogP contribution is -2.64. The minimum Gasteiger partial charge on any atom is -0.497 e. The van der Waals surface area contributed by atoms with E-state index in [4.69, 9.17) is 15.2 Å². The van der Waals surface area contributed by atoms with Gasteiger partial charge < -0.3 is 14.2 Å². The van der Waals surface area contributed by atoms with Crippen molar-refractivity contribution in [2.75, 3.05) is 21.3 Å². The maximum atomic E-state index is 13.8. The fourth-order valence-corrected chi connectivity index (χ4v) is 4.24. The zero-order valence-electron chi connectivity index (χ0n) is 20.1. The summed E-state index contributed by atoms with van der Waals surface area (Å²) in [5.41, 5.74) is 6.44. The van der Waals surface area contributed by atoms with E-state index in [0.29, 0.717) is 28.2 Å². The Bertz CT molecular complexity index is 1330. The highest BCUT2D eigenvalue weighted by molar-refractivity contribution is 5.95. The van der Waals surface area contributed by atoms with Gasteiger partial charge in [-0.25, -0.2) is 10.1 Å². The minimum absolute atomic E-state index is 0.336. The van der Waals surface area contributed by atoms with Gasteiger partial charge in [-0.05, 0) is 52.6 Å². The molecule has 2 atom stereocenters. The first kappa shape index (κ1) is 26.0. The summed E-state index contributed by atoms with van der Waals surface area (Å²) in [6.07, 6.45) is -5.32. The number of esters is 1. The number of nitrogens with two attached hydrogens (primary N) is 1. The molecule has 194 valence electrons. The Kier molecular flexibility index (Phi) is 6.61. The molecule has 0 radical (unpaired) electrons. The van der Waals surface area contributed by atoms with Gasteiger partial charge in [0.15, 0.2) is 5.54 Å². The predicted octanol–water partition coefficient (Wildman–Crippen LogP) is 3.35. The zero-order chi connectivity index (χ0) is 27.0. The molecular weight excluding hydrogens is 491 g/mol. The van der Waals surface area contributed by atoms with Gasteiger partial charge in [-0.1, -0.05) is 42.5 Å². The highest BCUT2D eigenvalue weighted by Crippen LogP contribution is 2.41. The van der Waals surface area contributed by atoms with Crippen molar-refractivity contribution in [3.8, 4) is 22.6 Å². The predicted molar refractivity (Wildman–Crippen MR) is 127 cm³/mol. The third kappa shape index (κ3) is 4.58. The third-order valence-electron chi connectivity index (χ3n) is 6.19. The zero-order valence-corrected chi connectivity index (χ0v) is 20.1. The van der Waals surface area contributed by atoms with Gasteiger partial charge in [-0.3, -0.25) is 15.4 Å². The first-order valence-corrected chi connectivity index (χ1v) is 11.0. The summed E-state index contributed by atoms with van der Waals surface area (Å²) in [6.45, 7) is 0. The standard InChI is InChI=1S/C26H24F3N3O5/c1-32-22(33)24(18-10-12-20(35-2)13-11-18,31-26(32,30)37-23(34)25(27,28)29)19-8-4-6-16(14-19)17-7-5-9-21(15-17)36-3/h4-15,31H,30H2,1-3H3. The molecule has 8 nitrogen and oxygen atoms in total. The second-order valence-electron chi connectivity index (χ2n) is 8.36. The van der Waals surface area contributed by atoms with Crippen LogP contribution in [0.5, 0.6) is 11.5 Å². The van der Waals surface area contributed by atoms with E-state index < -0.39 is 29.6 Å². The molecule has 1 amide bonds. The Morgan fingerprint density at radius 1 is 0.892 bits per heavy atom. The van der Waals surface area contributed by atoms with Crippen LogP contribution in [-0.4, -0.2) is 50.2 Å². The second-order valence-corrected chi connectivity index (χ2v) is 8.36. The number of nitrogens with one attached hydrogen (secondary N) is 1. The molecule has 0 spiro atoms. The van der Waals surface area contributed by atoms with E-state index in [1.165, 1.54) is 14.2 Å². The van der Waals surface area contributed by atoms with Crippen molar-refractivity contribution < 1.29 is 37.0 Å². The molecule has 4 rings (SSSR count). The third-order valence-corrected chi connectivity index (χ3v) is 6.19. The van der Waals surface area contributed by atoms with Crippen molar-refractivity contribution in [3.63, 3.8) is 0 Å². The molecule has 1 saturated heterocycles. The Morgan fingerprint density at radius 2 is 1.49 bits per heavy atom. The Hall–Kier alpha value is -4.09. The summed E-state index contributed by atoms with van der Waals surface area (Å²) in [6, 6.07) is 20.4. The second kappa shape index (κ2) is 9.41. The van der Waals surface area contributed by atoms with Gasteiger partial charge in [0.25, 0.3) is 5.91 Å². The largest absolute Gasteiger partial charge is 0.497 e. The summed E-state index contributed by atoms with van der Waals surface area (Å²) < 4.78 is 54.2. The molecule has 1 aliphatic rings. The molecule has 1 fully saturated rings. The van der Waals surface area contributed by atoms with E-state index >= 15 is 0 Å². The van der Waals surface area contributed by atoms with Crippen LogP contribution in [0, 0.1) is 0 Å². The average molecular weight is 515 g/mol. The summed E-state index contributed by atoms with van der Waals surface area (Å²) in [5.74, 6) is -4.78. The van der Waals surface area contributed by atoms with E-state index in [-0.39, 0.29) is 0 Å². The van der Waals surface area contributed by atoms with Crippen molar-refractivity contribution in [3.05, 3.63) is 83.9 Å². The number of ether oxygens (including phenoxy) is 3. The lowest BCUT2D eigenvalue weighted by atomic mass is 9.81. The summed E-state index contributed by atoms with van der Waals surface area (Å²) in [7, 11) is 4.15. The number of halogens is 3. The van der Waals surface area contributed by atoms with Crippen LogP contribution in [0.15, 0.2) is 72.8 Å². The molecule has 0 aromatic heterocycles. The molecule has 3 aromatic carbocycles. The number of alkyl halides is 3. The van der Waals surface area contributed by atoms with Gasteiger partial charge in [0.1, 0.15) is 11.5 Å². The summed E-state index contributed by atoms with van der Waals surface area (Å²) in [4.78, 5) is 26.3. The number of methoxy groups -OCH3 is 2. The molecule has 0 aliphatic carbocycles. The van der Waals surface area contributed by atoms with E-state index in [9.17, 15) is 22.8 Å². The minimum atomic E-state index is -5.32. The molecule has 3 N–H and O–H groups in total. The fourth-order valence-electron chi connectivity index (χ4n) is 4.24. The molecule has 3 aromatic rings. The van der Waals surface area contributed by atoms with Crippen LogP contribution in [0.3, 0.4) is 0 Å². The summed E-state index contributed by atoms with van der Waals surface area (Å²) in [5, 5.41) is 2.70.